The Bertz CT molecular complexity index is 473. The van der Waals surface area contributed by atoms with Gasteiger partial charge in [0.1, 0.15) is 6.17 Å². The second kappa shape index (κ2) is 3.37. The maximum absolute atomic E-state index is 14.1. The Kier molecular flexibility index (Phi) is 2.37. The molecule has 1 aliphatic rings. The Morgan fingerprint density at radius 1 is 1.19 bits per heavy atom. The molecule has 1 aromatic carbocycles. The highest BCUT2D eigenvalue weighted by atomic mass is 19.2. The fourth-order valence-corrected chi connectivity index (χ4v) is 1.95. The van der Waals surface area contributed by atoms with Gasteiger partial charge < -0.3 is 0 Å². The van der Waals surface area contributed by atoms with E-state index in [4.69, 9.17) is 0 Å². The third kappa shape index (κ3) is 1.46. The van der Waals surface area contributed by atoms with Crippen molar-refractivity contribution in [3.63, 3.8) is 0 Å². The largest absolute Gasteiger partial charge is 0.241 e. The van der Waals surface area contributed by atoms with Gasteiger partial charge >= 0.3 is 0 Å². The topological polar surface area (TPSA) is 0 Å². The molecule has 0 spiro atoms. The van der Waals surface area contributed by atoms with Crippen LogP contribution in [0.2, 0.25) is 0 Å². The van der Waals surface area contributed by atoms with Crippen molar-refractivity contribution in [1.82, 2.24) is 0 Å². The second-order valence-corrected chi connectivity index (χ2v) is 4.84. The van der Waals surface area contributed by atoms with Crippen molar-refractivity contribution in [2.45, 2.75) is 26.9 Å². The van der Waals surface area contributed by atoms with E-state index in [-0.39, 0.29) is 11.1 Å². The van der Waals surface area contributed by atoms with Crippen LogP contribution in [-0.4, -0.2) is 0 Å². The summed E-state index contributed by atoms with van der Waals surface area (Å²) >= 11 is 0. The highest BCUT2D eigenvalue weighted by molar-refractivity contribution is 5.60. The lowest BCUT2D eigenvalue weighted by molar-refractivity contribution is 0.185. The van der Waals surface area contributed by atoms with Crippen LogP contribution in [0.15, 0.2) is 12.1 Å². The summed E-state index contributed by atoms with van der Waals surface area (Å²) in [6.45, 7) is 4.79. The predicted octanol–water partition coefficient (Wildman–Crippen LogP) is 4.34. The second-order valence-electron chi connectivity index (χ2n) is 4.84. The molecule has 3 heteroatoms. The SMILES string of the molecule is Cc1cc2c(c(F)c1F)C(F)C(C)(C)C=C2. The first-order valence-electron chi connectivity index (χ1n) is 5.16. The molecule has 2 rings (SSSR count). The number of allylic oxidation sites excluding steroid dienone is 1. The normalized spacial score (nSPS) is 22.0. The van der Waals surface area contributed by atoms with Crippen molar-refractivity contribution in [2.75, 3.05) is 0 Å². The standard InChI is InChI=1S/C13H13F3/c1-7-6-8-4-5-13(2,3)12(16)9(8)11(15)10(7)14/h4-6,12H,1-3H3. The molecule has 0 bridgehead atoms. The molecule has 1 atom stereocenters. The highest BCUT2D eigenvalue weighted by Crippen LogP contribution is 2.45. The number of alkyl halides is 1. The first kappa shape index (κ1) is 11.2. The van der Waals surface area contributed by atoms with Gasteiger partial charge in [-0.15, -0.1) is 0 Å². The van der Waals surface area contributed by atoms with Crippen molar-refractivity contribution in [1.29, 1.82) is 0 Å². The van der Waals surface area contributed by atoms with E-state index >= 15 is 0 Å². The summed E-state index contributed by atoms with van der Waals surface area (Å²) in [5.41, 5.74) is -0.318. The molecule has 1 aliphatic carbocycles. The number of fused-ring (bicyclic) bond motifs is 1. The lowest BCUT2D eigenvalue weighted by Gasteiger charge is -2.30. The maximum Gasteiger partial charge on any atom is 0.165 e. The van der Waals surface area contributed by atoms with Crippen LogP contribution in [0.1, 0.15) is 36.7 Å². The molecular weight excluding hydrogens is 213 g/mol. The van der Waals surface area contributed by atoms with Crippen LogP contribution in [-0.2, 0) is 0 Å². The molecule has 0 N–H and O–H groups in total. The van der Waals surface area contributed by atoms with E-state index in [1.165, 1.54) is 13.0 Å². The highest BCUT2D eigenvalue weighted by Gasteiger charge is 2.36. The zero-order valence-corrected chi connectivity index (χ0v) is 9.44. The summed E-state index contributed by atoms with van der Waals surface area (Å²) in [6, 6.07) is 1.48. The third-order valence-corrected chi connectivity index (χ3v) is 3.06. The average molecular weight is 226 g/mol. The molecule has 86 valence electrons. The average Bonchev–Trinajstić information content (AvgIpc) is 2.21. The first-order chi connectivity index (χ1) is 7.34. The lowest BCUT2D eigenvalue weighted by Crippen LogP contribution is -2.22. The van der Waals surface area contributed by atoms with Crippen molar-refractivity contribution in [3.8, 4) is 0 Å². The molecule has 1 unspecified atom stereocenters. The summed E-state index contributed by atoms with van der Waals surface area (Å²) in [7, 11) is 0. The van der Waals surface area contributed by atoms with E-state index < -0.39 is 23.2 Å². The zero-order valence-electron chi connectivity index (χ0n) is 9.44. The minimum Gasteiger partial charge on any atom is -0.241 e. The monoisotopic (exact) mass is 226 g/mol. The lowest BCUT2D eigenvalue weighted by atomic mass is 9.77. The summed E-state index contributed by atoms with van der Waals surface area (Å²) < 4.78 is 41.1. The van der Waals surface area contributed by atoms with Gasteiger partial charge in [0, 0.05) is 11.0 Å². The van der Waals surface area contributed by atoms with Gasteiger partial charge in [0.15, 0.2) is 11.6 Å². The molecular formula is C13H13F3. The van der Waals surface area contributed by atoms with E-state index in [1.807, 2.05) is 0 Å². The van der Waals surface area contributed by atoms with E-state index in [0.717, 1.165) is 0 Å². The van der Waals surface area contributed by atoms with Gasteiger partial charge in [0.2, 0.25) is 0 Å². The Balaban J connectivity index is 2.72. The quantitative estimate of drug-likeness (QED) is 0.617. The van der Waals surface area contributed by atoms with Crippen molar-refractivity contribution >= 4 is 6.08 Å². The molecule has 1 aromatic rings. The van der Waals surface area contributed by atoms with Crippen LogP contribution in [0.25, 0.3) is 6.08 Å². The van der Waals surface area contributed by atoms with Crippen molar-refractivity contribution < 1.29 is 13.2 Å². The van der Waals surface area contributed by atoms with E-state index in [9.17, 15) is 13.2 Å². The smallest absolute Gasteiger partial charge is 0.165 e. The van der Waals surface area contributed by atoms with Gasteiger partial charge in [-0.05, 0) is 24.1 Å². The van der Waals surface area contributed by atoms with Gasteiger partial charge in [0.25, 0.3) is 0 Å². The van der Waals surface area contributed by atoms with Gasteiger partial charge in [-0.2, -0.15) is 0 Å². The van der Waals surface area contributed by atoms with E-state index in [1.54, 1.807) is 26.0 Å². The summed E-state index contributed by atoms with van der Waals surface area (Å²) in [5, 5.41) is 0. The molecule has 0 fully saturated rings. The number of hydrogen-bond acceptors (Lipinski definition) is 0. The molecule has 0 saturated heterocycles. The van der Waals surface area contributed by atoms with E-state index in [2.05, 4.69) is 0 Å². The van der Waals surface area contributed by atoms with Gasteiger partial charge in [-0.3, -0.25) is 0 Å². The Morgan fingerprint density at radius 3 is 2.44 bits per heavy atom. The third-order valence-electron chi connectivity index (χ3n) is 3.06. The van der Waals surface area contributed by atoms with Gasteiger partial charge in [-0.1, -0.05) is 26.0 Å². The fraction of sp³-hybridized carbons (Fsp3) is 0.385. The summed E-state index contributed by atoms with van der Waals surface area (Å²) in [4.78, 5) is 0. The summed E-state index contributed by atoms with van der Waals surface area (Å²) in [5.74, 6) is -2.01. The molecule has 0 heterocycles. The van der Waals surface area contributed by atoms with Crippen molar-refractivity contribution in [3.05, 3.63) is 40.5 Å². The number of aryl methyl sites for hydroxylation is 1. The van der Waals surface area contributed by atoms with Crippen LogP contribution >= 0.6 is 0 Å². The summed E-state index contributed by atoms with van der Waals surface area (Å²) in [6.07, 6.45) is 1.83. The number of halogens is 3. The molecule has 0 amide bonds. The van der Waals surface area contributed by atoms with Crippen LogP contribution in [0.5, 0.6) is 0 Å². The molecule has 0 aromatic heterocycles. The zero-order chi connectivity index (χ0) is 12.1. The number of benzene rings is 1. The molecule has 0 saturated carbocycles. The minimum absolute atomic E-state index is 0.157. The van der Waals surface area contributed by atoms with E-state index in [0.29, 0.717) is 5.56 Å². The predicted molar refractivity (Wildman–Crippen MR) is 57.8 cm³/mol. The van der Waals surface area contributed by atoms with Crippen molar-refractivity contribution in [2.24, 2.45) is 5.41 Å². The Morgan fingerprint density at radius 2 is 1.81 bits per heavy atom. The van der Waals surface area contributed by atoms with Crippen LogP contribution < -0.4 is 0 Å². The molecule has 0 aliphatic heterocycles. The molecule has 0 nitrogen and oxygen atoms in total. The van der Waals surface area contributed by atoms with Crippen LogP contribution in [0.3, 0.4) is 0 Å². The fourth-order valence-electron chi connectivity index (χ4n) is 1.95. The number of rotatable bonds is 0. The van der Waals surface area contributed by atoms with Crippen LogP contribution in [0.4, 0.5) is 13.2 Å². The number of hydrogen-bond donors (Lipinski definition) is 0. The Labute approximate surface area is 92.8 Å². The van der Waals surface area contributed by atoms with Gasteiger partial charge in [0.05, 0.1) is 0 Å². The first-order valence-corrected chi connectivity index (χ1v) is 5.16. The van der Waals surface area contributed by atoms with Gasteiger partial charge in [-0.25, -0.2) is 13.2 Å². The van der Waals surface area contributed by atoms with Crippen LogP contribution in [0, 0.1) is 24.0 Å². The minimum atomic E-state index is -1.51. The molecule has 0 radical (unpaired) electrons. The molecule has 16 heavy (non-hydrogen) atoms. The maximum atomic E-state index is 14.1. The Hall–Kier alpha value is -1.25.